The first-order valence-corrected chi connectivity index (χ1v) is 7.15. The van der Waals surface area contributed by atoms with Crippen LogP contribution in [0.1, 0.15) is 39.0 Å². The topological polar surface area (TPSA) is 37.3 Å². The van der Waals surface area contributed by atoms with Gasteiger partial charge in [0.1, 0.15) is 0 Å². The molecular formula is C18H18O2. The van der Waals surface area contributed by atoms with Gasteiger partial charge in [-0.3, -0.25) is 0 Å². The van der Waals surface area contributed by atoms with Crippen LogP contribution in [0.15, 0.2) is 42.5 Å². The molecule has 4 aliphatic carbocycles. The Morgan fingerprint density at radius 3 is 2.10 bits per heavy atom. The van der Waals surface area contributed by atoms with Gasteiger partial charge in [0.2, 0.25) is 0 Å². The van der Waals surface area contributed by atoms with E-state index in [0.29, 0.717) is 5.56 Å². The number of rotatable bonds is 1. The number of hydrogen-bond acceptors (Lipinski definition) is 1. The van der Waals surface area contributed by atoms with Crippen LogP contribution in [-0.2, 0) is 25.7 Å². The van der Waals surface area contributed by atoms with Crippen molar-refractivity contribution in [3.8, 4) is 0 Å². The van der Waals surface area contributed by atoms with Crippen molar-refractivity contribution in [2.24, 2.45) is 0 Å². The summed E-state index contributed by atoms with van der Waals surface area (Å²) in [5.74, 6) is -0.813. The highest BCUT2D eigenvalue weighted by atomic mass is 16.4. The second-order valence-corrected chi connectivity index (χ2v) is 5.47. The smallest absolute Gasteiger partial charge is 0.335 e. The van der Waals surface area contributed by atoms with E-state index in [0.717, 1.165) is 43.2 Å². The van der Waals surface area contributed by atoms with Gasteiger partial charge in [0.05, 0.1) is 5.56 Å². The van der Waals surface area contributed by atoms with Crippen LogP contribution in [0.2, 0.25) is 0 Å². The summed E-state index contributed by atoms with van der Waals surface area (Å²) in [6.45, 7) is 0. The first kappa shape index (κ1) is 12.9. The van der Waals surface area contributed by atoms with Crippen LogP contribution in [0.5, 0.6) is 0 Å². The molecule has 4 aliphatic rings. The van der Waals surface area contributed by atoms with Gasteiger partial charge in [0, 0.05) is 0 Å². The van der Waals surface area contributed by atoms with E-state index in [1.165, 1.54) is 11.1 Å². The summed E-state index contributed by atoms with van der Waals surface area (Å²) in [5, 5.41) is 9.38. The molecule has 0 heterocycles. The lowest BCUT2D eigenvalue weighted by Gasteiger charge is -2.08. The normalized spacial score (nSPS) is 14.4. The number of carboxylic acids is 1. The summed E-state index contributed by atoms with van der Waals surface area (Å²) in [6.07, 6.45) is 4.70. The Labute approximate surface area is 119 Å². The summed E-state index contributed by atoms with van der Waals surface area (Å²) in [4.78, 5) is 11.4. The highest BCUT2D eigenvalue weighted by Gasteiger charge is 2.12. The van der Waals surface area contributed by atoms with E-state index >= 15 is 0 Å². The minimum Gasteiger partial charge on any atom is -0.478 e. The SMILES string of the molecule is O=C(O)c1cc2ccc1CCc1ccc(cc1)CCC2. The van der Waals surface area contributed by atoms with E-state index in [1.54, 1.807) is 0 Å². The molecule has 2 heteroatoms. The van der Waals surface area contributed by atoms with Crippen LogP contribution in [-0.4, -0.2) is 11.1 Å². The Morgan fingerprint density at radius 2 is 1.40 bits per heavy atom. The minimum absolute atomic E-state index is 0.470. The molecule has 0 unspecified atom stereocenters. The van der Waals surface area contributed by atoms with E-state index in [9.17, 15) is 9.90 Å². The minimum atomic E-state index is -0.813. The lowest BCUT2D eigenvalue weighted by Crippen LogP contribution is -2.05. The molecule has 2 aromatic carbocycles. The fraction of sp³-hybridized carbons (Fsp3) is 0.278. The Morgan fingerprint density at radius 1 is 0.800 bits per heavy atom. The summed E-state index contributed by atoms with van der Waals surface area (Å²) < 4.78 is 0. The Bertz CT molecular complexity index is 626. The predicted octanol–water partition coefficient (Wildman–Crippen LogP) is 3.66. The average Bonchev–Trinajstić information content (AvgIpc) is 2.50. The molecule has 0 spiro atoms. The van der Waals surface area contributed by atoms with Crippen molar-refractivity contribution in [1.82, 2.24) is 0 Å². The van der Waals surface area contributed by atoms with Crippen molar-refractivity contribution in [3.63, 3.8) is 0 Å². The van der Waals surface area contributed by atoms with Gasteiger partial charge in [-0.15, -0.1) is 0 Å². The van der Waals surface area contributed by atoms with Gasteiger partial charge in [-0.05, 0) is 60.4 Å². The fourth-order valence-corrected chi connectivity index (χ4v) is 2.84. The largest absolute Gasteiger partial charge is 0.478 e. The van der Waals surface area contributed by atoms with Gasteiger partial charge in [-0.25, -0.2) is 4.79 Å². The zero-order valence-electron chi connectivity index (χ0n) is 11.4. The molecule has 20 heavy (non-hydrogen) atoms. The van der Waals surface area contributed by atoms with Gasteiger partial charge >= 0.3 is 5.97 Å². The molecule has 0 amide bonds. The molecule has 102 valence electrons. The molecule has 2 nitrogen and oxygen atoms in total. The first-order valence-electron chi connectivity index (χ1n) is 7.15. The number of aromatic carboxylic acids is 1. The molecule has 0 aromatic heterocycles. The number of hydrogen-bond donors (Lipinski definition) is 1. The zero-order valence-corrected chi connectivity index (χ0v) is 11.4. The van der Waals surface area contributed by atoms with Crippen LogP contribution >= 0.6 is 0 Å². The zero-order chi connectivity index (χ0) is 13.9. The summed E-state index contributed by atoms with van der Waals surface area (Å²) >= 11 is 0. The molecule has 0 fully saturated rings. The van der Waals surface area contributed by atoms with Crippen molar-refractivity contribution >= 4 is 5.97 Å². The molecule has 0 aliphatic heterocycles. The van der Waals surface area contributed by atoms with Crippen LogP contribution in [0.4, 0.5) is 0 Å². The third kappa shape index (κ3) is 2.74. The van der Waals surface area contributed by atoms with Crippen LogP contribution < -0.4 is 0 Å². The van der Waals surface area contributed by atoms with Gasteiger partial charge in [-0.1, -0.05) is 36.4 Å². The predicted molar refractivity (Wildman–Crippen MR) is 79.3 cm³/mol. The Kier molecular flexibility index (Phi) is 3.55. The molecule has 1 N–H and O–H groups in total. The lowest BCUT2D eigenvalue weighted by molar-refractivity contribution is 0.0695. The third-order valence-electron chi connectivity index (χ3n) is 4.04. The van der Waals surface area contributed by atoms with E-state index in [1.807, 2.05) is 12.1 Å². The number of benzene rings is 2. The summed E-state index contributed by atoms with van der Waals surface area (Å²) in [5.41, 5.74) is 5.17. The second-order valence-electron chi connectivity index (χ2n) is 5.47. The maximum atomic E-state index is 11.4. The van der Waals surface area contributed by atoms with Gasteiger partial charge in [0.25, 0.3) is 0 Å². The van der Waals surface area contributed by atoms with Crippen molar-refractivity contribution < 1.29 is 9.90 Å². The molecule has 0 radical (unpaired) electrons. The van der Waals surface area contributed by atoms with E-state index < -0.39 is 5.97 Å². The molecule has 0 atom stereocenters. The molecule has 6 rings (SSSR count). The van der Waals surface area contributed by atoms with E-state index in [2.05, 4.69) is 30.3 Å². The molecular weight excluding hydrogens is 248 g/mol. The number of carboxylic acid groups (broad SMARTS) is 1. The van der Waals surface area contributed by atoms with Gasteiger partial charge in [-0.2, -0.15) is 0 Å². The quantitative estimate of drug-likeness (QED) is 0.855. The summed E-state index contributed by atoms with van der Waals surface area (Å²) in [6, 6.07) is 14.7. The van der Waals surface area contributed by atoms with Gasteiger partial charge in [0.15, 0.2) is 0 Å². The number of carbonyl (C=O) groups is 1. The van der Waals surface area contributed by atoms with Crippen LogP contribution in [0.25, 0.3) is 0 Å². The van der Waals surface area contributed by atoms with Crippen molar-refractivity contribution in [1.29, 1.82) is 0 Å². The average molecular weight is 266 g/mol. The van der Waals surface area contributed by atoms with Crippen molar-refractivity contribution in [3.05, 3.63) is 70.3 Å². The molecule has 0 saturated heterocycles. The maximum absolute atomic E-state index is 11.4. The Balaban J connectivity index is 1.99. The molecule has 0 saturated carbocycles. The van der Waals surface area contributed by atoms with E-state index in [-0.39, 0.29) is 0 Å². The standard InChI is InChI=1S/C18H18O2/c19-18(20)17-12-15-3-1-2-13-4-6-14(7-5-13)8-10-16(17)11-9-15/h4-7,9,11-12H,1-3,8,10H2,(H,19,20). The van der Waals surface area contributed by atoms with Gasteiger partial charge < -0.3 is 5.11 Å². The highest BCUT2D eigenvalue weighted by molar-refractivity contribution is 5.89. The third-order valence-corrected chi connectivity index (χ3v) is 4.04. The lowest BCUT2D eigenvalue weighted by atomic mass is 9.97. The Hall–Kier alpha value is -2.09. The highest BCUT2D eigenvalue weighted by Crippen LogP contribution is 2.19. The van der Waals surface area contributed by atoms with Crippen LogP contribution in [0.3, 0.4) is 0 Å². The molecule has 4 bridgehead atoms. The maximum Gasteiger partial charge on any atom is 0.335 e. The van der Waals surface area contributed by atoms with Crippen molar-refractivity contribution in [2.45, 2.75) is 32.1 Å². The fourth-order valence-electron chi connectivity index (χ4n) is 2.84. The monoisotopic (exact) mass is 266 g/mol. The second kappa shape index (κ2) is 5.49. The van der Waals surface area contributed by atoms with E-state index in [4.69, 9.17) is 0 Å². The summed E-state index contributed by atoms with van der Waals surface area (Å²) in [7, 11) is 0. The van der Waals surface area contributed by atoms with Crippen LogP contribution in [0, 0.1) is 0 Å². The first-order chi connectivity index (χ1) is 9.72. The molecule has 2 aromatic rings. The number of aryl methyl sites for hydroxylation is 4. The van der Waals surface area contributed by atoms with Crippen molar-refractivity contribution in [2.75, 3.05) is 0 Å².